The van der Waals surface area contributed by atoms with Crippen molar-refractivity contribution in [1.29, 1.82) is 0 Å². The van der Waals surface area contributed by atoms with Gasteiger partial charge in [-0.15, -0.1) is 0 Å². The summed E-state index contributed by atoms with van der Waals surface area (Å²) in [5, 5.41) is 12.7. The van der Waals surface area contributed by atoms with Gasteiger partial charge in [-0.2, -0.15) is 0 Å². The molecule has 0 aromatic carbocycles. The predicted octanol–water partition coefficient (Wildman–Crippen LogP) is 6.15. The second-order valence-corrected chi connectivity index (χ2v) is 9.64. The van der Waals surface area contributed by atoms with Crippen molar-refractivity contribution in [3.63, 3.8) is 0 Å². The minimum atomic E-state index is -0.915. The molecule has 0 bridgehead atoms. The Hall–Kier alpha value is -0.801. The third-order valence-electron chi connectivity index (χ3n) is 4.91. The Morgan fingerprint density at radius 2 is 1.43 bits per heavy atom. The van der Waals surface area contributed by atoms with Crippen LogP contribution in [-0.4, -0.2) is 38.0 Å². The first kappa shape index (κ1) is 27.2. The van der Waals surface area contributed by atoms with Gasteiger partial charge in [0.15, 0.2) is 0 Å². The Labute approximate surface area is 179 Å². The molecule has 4 nitrogen and oxygen atoms in total. The zero-order valence-corrected chi connectivity index (χ0v) is 19.9. The fourth-order valence-electron chi connectivity index (χ4n) is 3.12. The molecular weight excluding hydrogens is 417 g/mol. The van der Waals surface area contributed by atoms with Gasteiger partial charge in [0.2, 0.25) is 0 Å². The summed E-state index contributed by atoms with van der Waals surface area (Å²) in [6.07, 6.45) is 21.7. The summed E-state index contributed by atoms with van der Waals surface area (Å²) in [5.74, 6) is 1.05. The summed E-state index contributed by atoms with van der Waals surface area (Å²) in [7, 11) is 0. The van der Waals surface area contributed by atoms with Crippen LogP contribution in [0.15, 0.2) is 12.2 Å². The number of aliphatic carboxylic acids is 1. The van der Waals surface area contributed by atoms with Gasteiger partial charge in [0.1, 0.15) is 0 Å². The summed E-state index contributed by atoms with van der Waals surface area (Å²) in [5.41, 5.74) is 0. The average molecular weight is 461 g/mol. The Bertz CT molecular complexity index is 413. The van der Waals surface area contributed by atoms with Gasteiger partial charge in [0.25, 0.3) is 0 Å². The normalized spacial score (nSPS) is 12.4. The van der Waals surface area contributed by atoms with Gasteiger partial charge in [-0.1, -0.05) is 51.2 Å². The number of carboxylic acid groups (broad SMARTS) is 1. The fraction of sp³-hybridized carbons (Fsp3) is 0.826. The summed E-state index contributed by atoms with van der Waals surface area (Å²) in [6, 6.07) is -0.711. The van der Waals surface area contributed by atoms with E-state index in [1.807, 2.05) is 0 Å². The first-order valence-electron chi connectivity index (χ1n) is 11.3. The number of allylic oxidation sites excluding steroid dienone is 2. The van der Waals surface area contributed by atoms with E-state index in [0.29, 0.717) is 27.8 Å². The maximum absolute atomic E-state index is 11.9. The van der Waals surface area contributed by atoms with Crippen LogP contribution in [0.25, 0.3) is 0 Å². The van der Waals surface area contributed by atoms with E-state index in [0.717, 1.165) is 31.0 Å². The SMILES string of the molecule is CCCCCCCC/C=C\CCCCCCCC(=O)NC(CC[Se]C)C(=O)O. The molecule has 0 fully saturated rings. The van der Waals surface area contributed by atoms with Crippen molar-refractivity contribution >= 4 is 26.8 Å². The van der Waals surface area contributed by atoms with Gasteiger partial charge in [-0.3, -0.25) is 0 Å². The predicted molar refractivity (Wildman–Crippen MR) is 120 cm³/mol. The van der Waals surface area contributed by atoms with E-state index in [1.54, 1.807) is 0 Å². The third-order valence-corrected chi connectivity index (χ3v) is 6.26. The van der Waals surface area contributed by atoms with Crippen LogP contribution < -0.4 is 5.32 Å². The Morgan fingerprint density at radius 3 is 1.96 bits per heavy atom. The quantitative estimate of drug-likeness (QED) is 0.130. The van der Waals surface area contributed by atoms with E-state index in [2.05, 4.69) is 30.2 Å². The number of hydrogen-bond donors (Lipinski definition) is 2. The second kappa shape index (κ2) is 20.9. The molecule has 0 rings (SSSR count). The van der Waals surface area contributed by atoms with Crippen molar-refractivity contribution in [3.8, 4) is 0 Å². The molecule has 1 amide bonds. The number of unbranched alkanes of at least 4 members (excludes halogenated alkanes) is 11. The zero-order valence-electron chi connectivity index (χ0n) is 18.2. The Balaban J connectivity index is 3.47. The summed E-state index contributed by atoms with van der Waals surface area (Å²) >= 11 is 0.446. The number of nitrogens with one attached hydrogen (secondary N) is 1. The third kappa shape index (κ3) is 18.6. The molecule has 0 aliphatic heterocycles. The molecule has 0 heterocycles. The molecule has 2 N–H and O–H groups in total. The molecule has 1 unspecified atom stereocenters. The molecule has 0 saturated carbocycles. The van der Waals surface area contributed by atoms with Crippen LogP contribution in [0.4, 0.5) is 0 Å². The van der Waals surface area contributed by atoms with Crippen LogP contribution in [0.2, 0.25) is 11.1 Å². The van der Waals surface area contributed by atoms with E-state index in [1.165, 1.54) is 57.8 Å². The molecule has 0 aromatic heterocycles. The van der Waals surface area contributed by atoms with Gasteiger partial charge in [-0.25, -0.2) is 0 Å². The number of rotatable bonds is 20. The van der Waals surface area contributed by atoms with E-state index in [-0.39, 0.29) is 5.91 Å². The van der Waals surface area contributed by atoms with Crippen LogP contribution in [0, 0.1) is 0 Å². The van der Waals surface area contributed by atoms with Crippen molar-refractivity contribution in [1.82, 2.24) is 5.32 Å². The number of amides is 1. The van der Waals surface area contributed by atoms with E-state index >= 15 is 0 Å². The molecule has 1 atom stereocenters. The van der Waals surface area contributed by atoms with Crippen molar-refractivity contribution in [3.05, 3.63) is 12.2 Å². The molecule has 0 aliphatic carbocycles. The summed E-state index contributed by atoms with van der Waals surface area (Å²) in [4.78, 5) is 23.0. The first-order chi connectivity index (χ1) is 13.6. The van der Waals surface area contributed by atoms with Crippen molar-refractivity contribution in [2.75, 3.05) is 0 Å². The van der Waals surface area contributed by atoms with E-state index in [4.69, 9.17) is 5.11 Å². The van der Waals surface area contributed by atoms with Crippen LogP contribution in [0.1, 0.15) is 103 Å². The Morgan fingerprint density at radius 1 is 0.893 bits per heavy atom. The van der Waals surface area contributed by atoms with Crippen molar-refractivity contribution < 1.29 is 14.7 Å². The first-order valence-corrected chi connectivity index (χ1v) is 14.2. The van der Waals surface area contributed by atoms with Crippen molar-refractivity contribution in [2.24, 2.45) is 0 Å². The topological polar surface area (TPSA) is 66.4 Å². The molecule has 0 radical (unpaired) electrons. The monoisotopic (exact) mass is 461 g/mol. The van der Waals surface area contributed by atoms with Crippen molar-refractivity contribution in [2.45, 2.75) is 120 Å². The summed E-state index contributed by atoms with van der Waals surface area (Å²) < 4.78 is 0. The molecule has 5 heteroatoms. The number of hydrogen-bond acceptors (Lipinski definition) is 2. The summed E-state index contributed by atoms with van der Waals surface area (Å²) in [6.45, 7) is 2.26. The van der Waals surface area contributed by atoms with Crippen LogP contribution in [-0.2, 0) is 9.59 Å². The van der Waals surface area contributed by atoms with E-state index < -0.39 is 12.0 Å². The standard InChI is InChI=1S/C23H43NO3Se/c1-3-4-5-6-7-8-9-10-11-12-13-14-15-16-17-18-22(25)24-21(23(26)27)19-20-28-2/h10-11,21H,3-9,12-20H2,1-2H3,(H,24,25)(H,26,27)/b11-10-. The van der Waals surface area contributed by atoms with Crippen LogP contribution in [0.5, 0.6) is 0 Å². The molecule has 0 aromatic rings. The zero-order chi connectivity index (χ0) is 20.9. The van der Waals surface area contributed by atoms with Gasteiger partial charge in [0.05, 0.1) is 0 Å². The number of carbonyl (C=O) groups is 2. The second-order valence-electron chi connectivity index (χ2n) is 7.57. The molecule has 0 spiro atoms. The van der Waals surface area contributed by atoms with Gasteiger partial charge < -0.3 is 0 Å². The molecule has 28 heavy (non-hydrogen) atoms. The Kier molecular flexibility index (Phi) is 20.3. The molecule has 0 aliphatic rings. The maximum atomic E-state index is 11.9. The number of carbonyl (C=O) groups excluding carboxylic acids is 1. The molecule has 164 valence electrons. The van der Waals surface area contributed by atoms with Crippen LogP contribution >= 0.6 is 0 Å². The van der Waals surface area contributed by atoms with Gasteiger partial charge >= 0.3 is 115 Å². The van der Waals surface area contributed by atoms with E-state index in [9.17, 15) is 9.59 Å². The molecular formula is C23H43NO3Se. The van der Waals surface area contributed by atoms with Crippen LogP contribution in [0.3, 0.4) is 0 Å². The van der Waals surface area contributed by atoms with Gasteiger partial charge in [-0.05, 0) is 12.8 Å². The minimum absolute atomic E-state index is 0.117. The average Bonchev–Trinajstić information content (AvgIpc) is 2.67. The molecule has 0 saturated heterocycles. The van der Waals surface area contributed by atoms with Gasteiger partial charge in [0, 0.05) is 0 Å². The number of carboxylic acids is 1. The fourth-order valence-corrected chi connectivity index (χ4v) is 4.10.